The first-order chi connectivity index (χ1) is 12.1. The van der Waals surface area contributed by atoms with E-state index in [1.54, 1.807) is 16.4 Å². The van der Waals surface area contributed by atoms with Gasteiger partial charge in [-0.2, -0.15) is 5.10 Å². The van der Waals surface area contributed by atoms with Crippen molar-refractivity contribution < 1.29 is 9.59 Å². The minimum absolute atomic E-state index is 0.134. The number of aromatic nitrogens is 2. The van der Waals surface area contributed by atoms with Gasteiger partial charge in [0.05, 0.1) is 6.20 Å². The molecule has 0 saturated carbocycles. The number of carbonyl (C=O) groups excluding carboxylic acids is 2. The van der Waals surface area contributed by atoms with Crippen LogP contribution in [0.4, 0.5) is 5.82 Å². The van der Waals surface area contributed by atoms with Crippen LogP contribution in [0, 0.1) is 0 Å². The van der Waals surface area contributed by atoms with E-state index in [9.17, 15) is 9.59 Å². The Labute approximate surface area is 149 Å². The quantitative estimate of drug-likeness (QED) is 0.827. The smallest absolute Gasteiger partial charge is 0.254 e. The van der Waals surface area contributed by atoms with Crippen molar-refractivity contribution in [1.82, 2.24) is 9.78 Å². The second-order valence-electron chi connectivity index (χ2n) is 6.19. The van der Waals surface area contributed by atoms with Crippen LogP contribution in [0.1, 0.15) is 41.2 Å². The van der Waals surface area contributed by atoms with Gasteiger partial charge in [-0.3, -0.25) is 9.59 Å². The minimum Gasteiger partial charge on any atom is -0.365 e. The van der Waals surface area contributed by atoms with Crippen molar-refractivity contribution in [3.8, 4) is 0 Å². The first kappa shape index (κ1) is 16.0. The summed E-state index contributed by atoms with van der Waals surface area (Å²) >= 11 is 1.67. The van der Waals surface area contributed by atoms with Gasteiger partial charge in [-0.15, -0.1) is 11.8 Å². The number of benzene rings is 1. The van der Waals surface area contributed by atoms with Gasteiger partial charge >= 0.3 is 0 Å². The van der Waals surface area contributed by atoms with Gasteiger partial charge in [0.1, 0.15) is 17.4 Å². The highest BCUT2D eigenvalue weighted by molar-refractivity contribution is 7.98. The van der Waals surface area contributed by atoms with Crippen LogP contribution in [0.3, 0.4) is 0 Å². The fraction of sp³-hybridized carbons (Fsp3) is 0.278. The van der Waals surface area contributed by atoms with Crippen molar-refractivity contribution in [3.05, 3.63) is 52.9 Å². The van der Waals surface area contributed by atoms with E-state index in [-0.39, 0.29) is 11.8 Å². The highest BCUT2D eigenvalue weighted by Gasteiger charge is 2.37. The summed E-state index contributed by atoms with van der Waals surface area (Å²) in [6.07, 6.45) is 5.62. The Morgan fingerprint density at radius 1 is 1.32 bits per heavy atom. The number of hydrogen-bond donors (Lipinski definition) is 2. The third kappa shape index (κ3) is 2.55. The van der Waals surface area contributed by atoms with Crippen LogP contribution in [0.15, 0.2) is 46.6 Å². The molecule has 1 aromatic carbocycles. The molecule has 128 valence electrons. The fourth-order valence-electron chi connectivity index (χ4n) is 3.53. The third-order valence-electron chi connectivity index (χ3n) is 4.74. The predicted molar refractivity (Wildman–Crippen MR) is 96.6 cm³/mol. The second-order valence-corrected chi connectivity index (χ2v) is 7.06. The number of ketones is 1. The Morgan fingerprint density at radius 3 is 2.76 bits per heavy atom. The number of Topliss-reactive ketones (excluding diaryl/α,β-unsaturated/α-hetero) is 1. The number of primary amides is 1. The van der Waals surface area contributed by atoms with E-state index in [4.69, 9.17) is 5.73 Å². The van der Waals surface area contributed by atoms with Gasteiger partial charge in [0, 0.05) is 22.6 Å². The predicted octanol–water partition coefficient (Wildman–Crippen LogP) is 2.73. The van der Waals surface area contributed by atoms with Crippen molar-refractivity contribution in [2.24, 2.45) is 5.73 Å². The highest BCUT2D eigenvalue weighted by atomic mass is 32.2. The van der Waals surface area contributed by atoms with Crippen LogP contribution >= 0.6 is 11.8 Å². The largest absolute Gasteiger partial charge is 0.365 e. The van der Waals surface area contributed by atoms with Gasteiger partial charge in [-0.25, -0.2) is 4.68 Å². The topological polar surface area (TPSA) is 90.0 Å². The lowest BCUT2D eigenvalue weighted by Gasteiger charge is -2.33. The summed E-state index contributed by atoms with van der Waals surface area (Å²) in [6.45, 7) is 0. The Morgan fingerprint density at radius 2 is 2.08 bits per heavy atom. The molecule has 1 amide bonds. The van der Waals surface area contributed by atoms with Crippen LogP contribution in [0.5, 0.6) is 0 Å². The average molecular weight is 354 g/mol. The molecule has 1 aliphatic carbocycles. The SMILES string of the molecule is CSc1ccc([C@@H]2C3=C(CCCC3=O)Nc3c(C(N)=O)cnn32)cc1. The Kier molecular flexibility index (Phi) is 3.88. The number of allylic oxidation sites excluding steroid dienone is 2. The van der Waals surface area contributed by atoms with Crippen LogP contribution in [0.2, 0.25) is 0 Å². The normalized spacial score (nSPS) is 19.2. The number of amides is 1. The van der Waals surface area contributed by atoms with Crippen molar-refractivity contribution in [2.75, 3.05) is 11.6 Å². The Balaban J connectivity index is 1.90. The van der Waals surface area contributed by atoms with E-state index in [2.05, 4.69) is 10.4 Å². The molecule has 25 heavy (non-hydrogen) atoms. The highest BCUT2D eigenvalue weighted by Crippen LogP contribution is 2.41. The number of hydrogen-bond acceptors (Lipinski definition) is 5. The monoisotopic (exact) mass is 354 g/mol. The van der Waals surface area contributed by atoms with E-state index in [0.29, 0.717) is 17.8 Å². The number of anilines is 1. The van der Waals surface area contributed by atoms with Crippen molar-refractivity contribution in [3.63, 3.8) is 0 Å². The molecule has 1 atom stereocenters. The van der Waals surface area contributed by atoms with E-state index in [1.807, 2.05) is 30.5 Å². The molecule has 0 spiro atoms. The van der Waals surface area contributed by atoms with Gasteiger partial charge in [0.25, 0.3) is 5.91 Å². The minimum atomic E-state index is -0.531. The number of thioether (sulfide) groups is 1. The van der Waals surface area contributed by atoms with E-state index in [0.717, 1.165) is 34.6 Å². The summed E-state index contributed by atoms with van der Waals surface area (Å²) in [5, 5.41) is 7.60. The molecule has 0 radical (unpaired) electrons. The van der Waals surface area contributed by atoms with E-state index < -0.39 is 5.91 Å². The molecule has 0 saturated heterocycles. The molecule has 0 unspecified atom stereocenters. The maximum atomic E-state index is 12.7. The van der Waals surface area contributed by atoms with E-state index in [1.165, 1.54) is 6.20 Å². The van der Waals surface area contributed by atoms with Crippen LogP contribution in [-0.4, -0.2) is 27.7 Å². The third-order valence-corrected chi connectivity index (χ3v) is 5.48. The number of carbonyl (C=O) groups is 2. The lowest BCUT2D eigenvalue weighted by Crippen LogP contribution is -2.32. The second kappa shape index (κ2) is 6.07. The van der Waals surface area contributed by atoms with Gasteiger partial charge in [-0.05, 0) is 36.8 Å². The molecule has 1 aliphatic heterocycles. The lowest BCUT2D eigenvalue weighted by molar-refractivity contribution is -0.116. The zero-order valence-electron chi connectivity index (χ0n) is 13.8. The lowest BCUT2D eigenvalue weighted by atomic mass is 9.85. The molecule has 2 heterocycles. The molecule has 7 heteroatoms. The summed E-state index contributed by atoms with van der Waals surface area (Å²) in [5.41, 5.74) is 8.42. The van der Waals surface area contributed by atoms with Crippen molar-refractivity contribution in [1.29, 1.82) is 0 Å². The van der Waals surface area contributed by atoms with Gasteiger partial charge < -0.3 is 11.1 Å². The number of rotatable bonds is 3. The van der Waals surface area contributed by atoms with Crippen molar-refractivity contribution in [2.45, 2.75) is 30.2 Å². The Bertz CT molecular complexity index is 898. The summed E-state index contributed by atoms with van der Waals surface area (Å²) < 4.78 is 1.70. The number of nitrogens with zero attached hydrogens (tertiary/aromatic N) is 2. The van der Waals surface area contributed by atoms with Crippen LogP contribution < -0.4 is 11.1 Å². The zero-order chi connectivity index (χ0) is 17.6. The Hall–Kier alpha value is -2.54. The van der Waals surface area contributed by atoms with E-state index >= 15 is 0 Å². The molecule has 2 aliphatic rings. The van der Waals surface area contributed by atoms with Gasteiger partial charge in [-0.1, -0.05) is 12.1 Å². The molecular formula is C18H18N4O2S. The van der Waals surface area contributed by atoms with Crippen LogP contribution in [0.25, 0.3) is 0 Å². The summed E-state index contributed by atoms with van der Waals surface area (Å²) in [6, 6.07) is 7.78. The molecule has 0 bridgehead atoms. The number of fused-ring (bicyclic) bond motifs is 1. The van der Waals surface area contributed by atoms with Gasteiger partial charge in [0.2, 0.25) is 0 Å². The van der Waals surface area contributed by atoms with Gasteiger partial charge in [0.15, 0.2) is 5.78 Å². The summed E-state index contributed by atoms with van der Waals surface area (Å²) in [4.78, 5) is 25.5. The van der Waals surface area contributed by atoms with Crippen molar-refractivity contribution >= 4 is 29.3 Å². The maximum Gasteiger partial charge on any atom is 0.254 e. The molecule has 2 aromatic rings. The van der Waals surface area contributed by atoms with Crippen LogP contribution in [-0.2, 0) is 4.79 Å². The maximum absolute atomic E-state index is 12.7. The number of nitrogens with two attached hydrogens (primary N) is 1. The summed E-state index contributed by atoms with van der Waals surface area (Å²) in [5.74, 6) is 0.172. The molecule has 1 aromatic heterocycles. The fourth-order valence-corrected chi connectivity index (χ4v) is 3.94. The average Bonchev–Trinajstić information content (AvgIpc) is 3.04. The molecule has 3 N–H and O–H groups in total. The number of nitrogens with one attached hydrogen (secondary N) is 1. The zero-order valence-corrected chi connectivity index (χ0v) is 14.6. The standard InChI is InChI=1S/C18H18N4O2S/c1-25-11-7-5-10(6-8-11)16-15-13(3-2-4-14(15)23)21-18-12(17(19)24)9-20-22(16)18/h5-9,16,21H,2-4H2,1H3,(H2,19,24)/t16-/m1/s1. The molecule has 4 rings (SSSR count). The molecular weight excluding hydrogens is 336 g/mol. The molecule has 0 fully saturated rings. The first-order valence-electron chi connectivity index (χ1n) is 8.14. The summed E-state index contributed by atoms with van der Waals surface area (Å²) in [7, 11) is 0. The first-order valence-corrected chi connectivity index (χ1v) is 9.37. The molecule has 6 nitrogen and oxygen atoms in total.